The molecule has 1 aliphatic carbocycles. The first-order valence-electron chi connectivity index (χ1n) is 9.13. The van der Waals surface area contributed by atoms with Gasteiger partial charge in [-0.2, -0.15) is 0 Å². The summed E-state index contributed by atoms with van der Waals surface area (Å²) in [4.78, 5) is 23.8. The molecule has 2 amide bonds. The minimum absolute atomic E-state index is 0. The first-order chi connectivity index (χ1) is 12.5. The molecule has 0 saturated heterocycles. The van der Waals surface area contributed by atoms with Crippen molar-refractivity contribution in [3.63, 3.8) is 0 Å². The van der Waals surface area contributed by atoms with Crippen LogP contribution in [0.5, 0.6) is 11.5 Å². The highest BCUT2D eigenvalue weighted by Gasteiger charge is 2.25. The number of amides is 2. The molecule has 152 valence electrons. The number of halogens is 1. The van der Waals surface area contributed by atoms with E-state index in [1.165, 1.54) is 0 Å². The number of ether oxygens (including phenoxy) is 2. The van der Waals surface area contributed by atoms with Crippen LogP contribution in [0.4, 0.5) is 0 Å². The van der Waals surface area contributed by atoms with Crippen LogP contribution >= 0.6 is 12.4 Å². The Morgan fingerprint density at radius 1 is 1.22 bits per heavy atom. The number of likely N-dealkylation sites (N-methyl/N-ethyl adjacent to an activating group) is 1. The first kappa shape index (κ1) is 23.0. The van der Waals surface area contributed by atoms with Crippen LogP contribution in [0, 0.1) is 5.92 Å². The van der Waals surface area contributed by atoms with Crippen LogP contribution in [-0.4, -0.2) is 38.1 Å². The third-order valence-electron chi connectivity index (χ3n) is 4.51. The SMILES string of the molecule is CCNC(=O)COc1ccc(CNC(=O)C2CCCC(N)C2)cc1OC.Cl. The quantitative estimate of drug-likeness (QED) is 0.618. The van der Waals surface area contributed by atoms with Crippen LogP contribution in [0.3, 0.4) is 0 Å². The Balaban J connectivity index is 0.00000364. The Labute approximate surface area is 166 Å². The van der Waals surface area contributed by atoms with Crippen LogP contribution in [-0.2, 0) is 16.1 Å². The smallest absolute Gasteiger partial charge is 0.257 e. The van der Waals surface area contributed by atoms with Crippen molar-refractivity contribution in [1.82, 2.24) is 10.6 Å². The molecule has 0 heterocycles. The second-order valence-corrected chi connectivity index (χ2v) is 6.57. The number of methoxy groups -OCH3 is 1. The molecule has 27 heavy (non-hydrogen) atoms. The predicted octanol–water partition coefficient (Wildman–Crippen LogP) is 1.77. The molecular formula is C19H30ClN3O4. The molecule has 1 fully saturated rings. The fraction of sp³-hybridized carbons (Fsp3) is 0.579. The summed E-state index contributed by atoms with van der Waals surface area (Å²) < 4.78 is 10.8. The Bertz CT molecular complexity index is 627. The summed E-state index contributed by atoms with van der Waals surface area (Å²) in [6.45, 7) is 2.76. The summed E-state index contributed by atoms with van der Waals surface area (Å²) in [6, 6.07) is 5.53. The number of nitrogens with two attached hydrogens (primary N) is 1. The molecule has 2 atom stereocenters. The van der Waals surface area contributed by atoms with Crippen molar-refractivity contribution in [1.29, 1.82) is 0 Å². The van der Waals surface area contributed by atoms with E-state index in [1.54, 1.807) is 19.2 Å². The van der Waals surface area contributed by atoms with Gasteiger partial charge in [-0.1, -0.05) is 12.5 Å². The van der Waals surface area contributed by atoms with Gasteiger partial charge < -0.3 is 25.8 Å². The number of carbonyl (C=O) groups is 2. The highest BCUT2D eigenvalue weighted by atomic mass is 35.5. The van der Waals surface area contributed by atoms with E-state index in [0.29, 0.717) is 24.6 Å². The minimum Gasteiger partial charge on any atom is -0.493 e. The van der Waals surface area contributed by atoms with Crippen molar-refractivity contribution in [3.8, 4) is 11.5 Å². The minimum atomic E-state index is -0.184. The molecule has 1 aliphatic rings. The van der Waals surface area contributed by atoms with E-state index in [4.69, 9.17) is 15.2 Å². The van der Waals surface area contributed by atoms with Crippen molar-refractivity contribution in [2.45, 2.75) is 45.2 Å². The van der Waals surface area contributed by atoms with E-state index in [9.17, 15) is 9.59 Å². The molecule has 4 N–H and O–H groups in total. The third-order valence-corrected chi connectivity index (χ3v) is 4.51. The second kappa shape index (κ2) is 11.7. The molecule has 8 heteroatoms. The third kappa shape index (κ3) is 7.27. The highest BCUT2D eigenvalue weighted by Crippen LogP contribution is 2.28. The van der Waals surface area contributed by atoms with E-state index in [-0.39, 0.29) is 42.8 Å². The van der Waals surface area contributed by atoms with Crippen molar-refractivity contribution < 1.29 is 19.1 Å². The van der Waals surface area contributed by atoms with Gasteiger partial charge in [-0.25, -0.2) is 0 Å². The summed E-state index contributed by atoms with van der Waals surface area (Å²) in [5, 5.41) is 5.64. The lowest BCUT2D eigenvalue weighted by molar-refractivity contribution is -0.126. The van der Waals surface area contributed by atoms with E-state index >= 15 is 0 Å². The standard InChI is InChI=1S/C19H29N3O4.ClH/c1-3-21-18(23)12-26-16-8-7-13(9-17(16)25-2)11-22-19(24)14-5-4-6-15(20)10-14;/h7-9,14-15H,3-6,10-12,20H2,1-2H3,(H,21,23)(H,22,24);1H. The molecule has 0 aliphatic heterocycles. The van der Waals surface area contributed by atoms with Gasteiger partial charge in [0.2, 0.25) is 5.91 Å². The van der Waals surface area contributed by atoms with Gasteiger partial charge in [0.15, 0.2) is 18.1 Å². The van der Waals surface area contributed by atoms with Gasteiger partial charge in [0, 0.05) is 25.0 Å². The van der Waals surface area contributed by atoms with Crippen LogP contribution < -0.4 is 25.8 Å². The lowest BCUT2D eigenvalue weighted by Gasteiger charge is -2.25. The van der Waals surface area contributed by atoms with Crippen molar-refractivity contribution in [3.05, 3.63) is 23.8 Å². The number of benzene rings is 1. The molecule has 1 saturated carbocycles. The van der Waals surface area contributed by atoms with E-state index < -0.39 is 0 Å². The summed E-state index contributed by atoms with van der Waals surface area (Å²) >= 11 is 0. The number of hydrogen-bond donors (Lipinski definition) is 3. The molecular weight excluding hydrogens is 370 g/mol. The Morgan fingerprint density at radius 3 is 2.67 bits per heavy atom. The zero-order valence-electron chi connectivity index (χ0n) is 16.0. The maximum Gasteiger partial charge on any atom is 0.257 e. The van der Waals surface area contributed by atoms with E-state index in [2.05, 4.69) is 10.6 Å². The summed E-state index contributed by atoms with van der Waals surface area (Å²) in [5.74, 6) is 0.889. The van der Waals surface area contributed by atoms with Crippen molar-refractivity contribution in [2.24, 2.45) is 11.7 Å². The molecule has 2 unspecified atom stereocenters. The normalized spacial score (nSPS) is 18.8. The number of nitrogens with one attached hydrogen (secondary N) is 2. The average Bonchev–Trinajstić information content (AvgIpc) is 2.64. The summed E-state index contributed by atoms with van der Waals surface area (Å²) in [5.41, 5.74) is 6.86. The Morgan fingerprint density at radius 2 is 2.00 bits per heavy atom. The molecule has 7 nitrogen and oxygen atoms in total. The topological polar surface area (TPSA) is 103 Å². The first-order valence-corrected chi connectivity index (χ1v) is 9.13. The van der Waals surface area contributed by atoms with Gasteiger partial charge in [0.25, 0.3) is 5.91 Å². The molecule has 1 aromatic carbocycles. The van der Waals surface area contributed by atoms with Crippen LogP contribution in [0.2, 0.25) is 0 Å². The van der Waals surface area contributed by atoms with Gasteiger partial charge in [-0.3, -0.25) is 9.59 Å². The van der Waals surface area contributed by atoms with Crippen LogP contribution in [0.25, 0.3) is 0 Å². The molecule has 0 spiro atoms. The Hall–Kier alpha value is -1.99. The van der Waals surface area contributed by atoms with Crippen LogP contribution in [0.1, 0.15) is 38.2 Å². The largest absolute Gasteiger partial charge is 0.493 e. The fourth-order valence-corrected chi connectivity index (χ4v) is 3.13. The predicted molar refractivity (Wildman–Crippen MR) is 106 cm³/mol. The lowest BCUT2D eigenvalue weighted by atomic mass is 9.85. The van der Waals surface area contributed by atoms with Crippen molar-refractivity contribution >= 4 is 24.2 Å². The Kier molecular flexibility index (Phi) is 9.96. The van der Waals surface area contributed by atoms with E-state index in [1.807, 2.05) is 13.0 Å². The van der Waals surface area contributed by atoms with Crippen molar-refractivity contribution in [2.75, 3.05) is 20.3 Å². The molecule has 2 rings (SSSR count). The van der Waals surface area contributed by atoms with Gasteiger partial charge in [0.1, 0.15) is 0 Å². The maximum atomic E-state index is 12.3. The molecule has 1 aromatic rings. The summed E-state index contributed by atoms with van der Waals surface area (Å²) in [7, 11) is 1.54. The molecule has 0 aromatic heterocycles. The van der Waals surface area contributed by atoms with Gasteiger partial charge in [0.05, 0.1) is 7.11 Å². The molecule has 0 radical (unpaired) electrons. The van der Waals surface area contributed by atoms with Crippen LogP contribution in [0.15, 0.2) is 18.2 Å². The highest BCUT2D eigenvalue weighted by molar-refractivity contribution is 5.85. The van der Waals surface area contributed by atoms with E-state index in [0.717, 1.165) is 31.2 Å². The lowest BCUT2D eigenvalue weighted by Crippen LogP contribution is -2.37. The number of carbonyl (C=O) groups excluding carboxylic acids is 2. The van der Waals surface area contributed by atoms with Gasteiger partial charge >= 0.3 is 0 Å². The average molecular weight is 400 g/mol. The van der Waals surface area contributed by atoms with Gasteiger partial charge in [-0.05, 0) is 43.9 Å². The fourth-order valence-electron chi connectivity index (χ4n) is 3.13. The second-order valence-electron chi connectivity index (χ2n) is 6.57. The van der Waals surface area contributed by atoms with Gasteiger partial charge in [-0.15, -0.1) is 12.4 Å². The number of hydrogen-bond acceptors (Lipinski definition) is 5. The zero-order chi connectivity index (χ0) is 18.9. The molecule has 0 bridgehead atoms. The maximum absolute atomic E-state index is 12.3. The monoisotopic (exact) mass is 399 g/mol. The number of rotatable bonds is 8. The zero-order valence-corrected chi connectivity index (χ0v) is 16.8. The summed E-state index contributed by atoms with van der Waals surface area (Å²) in [6.07, 6.45) is 3.65.